The molecule has 0 saturated carbocycles. The van der Waals surface area contributed by atoms with E-state index in [0.717, 1.165) is 16.9 Å². The van der Waals surface area contributed by atoms with E-state index in [4.69, 9.17) is 9.26 Å². The van der Waals surface area contributed by atoms with Crippen molar-refractivity contribution in [3.8, 4) is 17.1 Å². The molecular weight excluding hydrogens is 278 g/mol. The molecule has 0 unspecified atom stereocenters. The van der Waals surface area contributed by atoms with E-state index in [1.165, 1.54) is 11.1 Å². The predicted octanol–water partition coefficient (Wildman–Crippen LogP) is 3.64. The van der Waals surface area contributed by atoms with Crippen molar-refractivity contribution in [2.45, 2.75) is 27.4 Å². The Hall–Kier alpha value is -2.69. The molecule has 3 aromatic rings. The van der Waals surface area contributed by atoms with E-state index in [1.54, 1.807) is 12.4 Å². The van der Waals surface area contributed by atoms with E-state index in [2.05, 4.69) is 28.1 Å². The number of benzene rings is 1. The molecular formula is C17H17N3O2. The summed E-state index contributed by atoms with van der Waals surface area (Å²) in [4.78, 5) is 8.31. The maximum atomic E-state index is 5.83. The standard InChI is InChI=1S/C17H17N3O2/c1-11-8-12(2)13(3)15(9-11)21-10-16-19-17(20-22-16)14-4-6-18-7-5-14/h4-9H,10H2,1-3H3. The first kappa shape index (κ1) is 14.3. The number of rotatable bonds is 4. The average Bonchev–Trinajstić information content (AvgIpc) is 2.99. The summed E-state index contributed by atoms with van der Waals surface area (Å²) >= 11 is 0. The number of pyridine rings is 1. The van der Waals surface area contributed by atoms with Gasteiger partial charge in [0.1, 0.15) is 5.75 Å². The van der Waals surface area contributed by atoms with Gasteiger partial charge >= 0.3 is 0 Å². The second-order valence-electron chi connectivity index (χ2n) is 5.24. The van der Waals surface area contributed by atoms with Crippen molar-refractivity contribution in [3.63, 3.8) is 0 Å². The van der Waals surface area contributed by atoms with Crippen molar-refractivity contribution in [3.05, 3.63) is 59.2 Å². The number of ether oxygens (including phenoxy) is 1. The number of aryl methyl sites for hydroxylation is 2. The van der Waals surface area contributed by atoms with Gasteiger partial charge in [-0.05, 0) is 55.7 Å². The summed E-state index contributed by atoms with van der Waals surface area (Å²) in [5.74, 6) is 1.84. The van der Waals surface area contributed by atoms with Gasteiger partial charge in [0, 0.05) is 18.0 Å². The van der Waals surface area contributed by atoms with Crippen LogP contribution in [0.4, 0.5) is 0 Å². The second-order valence-corrected chi connectivity index (χ2v) is 5.24. The largest absolute Gasteiger partial charge is 0.483 e. The lowest BCUT2D eigenvalue weighted by molar-refractivity contribution is 0.241. The molecule has 5 nitrogen and oxygen atoms in total. The molecule has 0 bridgehead atoms. The molecule has 0 saturated heterocycles. The normalized spacial score (nSPS) is 10.7. The van der Waals surface area contributed by atoms with E-state index in [1.807, 2.05) is 32.0 Å². The maximum absolute atomic E-state index is 5.83. The van der Waals surface area contributed by atoms with Crippen molar-refractivity contribution >= 4 is 0 Å². The summed E-state index contributed by atoms with van der Waals surface area (Å²) in [7, 11) is 0. The number of nitrogens with zero attached hydrogens (tertiary/aromatic N) is 3. The molecule has 0 amide bonds. The molecule has 22 heavy (non-hydrogen) atoms. The lowest BCUT2D eigenvalue weighted by Crippen LogP contribution is -1.99. The highest BCUT2D eigenvalue weighted by Gasteiger charge is 2.10. The van der Waals surface area contributed by atoms with E-state index in [9.17, 15) is 0 Å². The van der Waals surface area contributed by atoms with Gasteiger partial charge in [-0.25, -0.2) is 0 Å². The number of aromatic nitrogens is 3. The Kier molecular flexibility index (Phi) is 3.87. The van der Waals surface area contributed by atoms with Gasteiger partial charge in [-0.15, -0.1) is 0 Å². The van der Waals surface area contributed by atoms with Crippen molar-refractivity contribution in [2.75, 3.05) is 0 Å². The van der Waals surface area contributed by atoms with Crippen LogP contribution in [0, 0.1) is 20.8 Å². The number of hydrogen-bond acceptors (Lipinski definition) is 5. The van der Waals surface area contributed by atoms with Gasteiger partial charge in [0.2, 0.25) is 5.82 Å². The van der Waals surface area contributed by atoms with Crippen LogP contribution in [0.5, 0.6) is 5.75 Å². The van der Waals surface area contributed by atoms with E-state index in [0.29, 0.717) is 11.7 Å². The summed E-state index contributed by atoms with van der Waals surface area (Å²) in [5, 5.41) is 3.96. The summed E-state index contributed by atoms with van der Waals surface area (Å²) in [6.45, 7) is 6.42. The third-order valence-electron chi connectivity index (χ3n) is 3.52. The lowest BCUT2D eigenvalue weighted by atomic mass is 10.1. The van der Waals surface area contributed by atoms with Crippen LogP contribution in [0.15, 0.2) is 41.2 Å². The van der Waals surface area contributed by atoms with Crippen molar-refractivity contribution in [1.82, 2.24) is 15.1 Å². The summed E-state index contributed by atoms with van der Waals surface area (Å²) in [6, 6.07) is 7.83. The molecule has 3 rings (SSSR count). The zero-order valence-electron chi connectivity index (χ0n) is 12.8. The first-order valence-electron chi connectivity index (χ1n) is 7.07. The fourth-order valence-electron chi connectivity index (χ4n) is 2.22. The highest BCUT2D eigenvalue weighted by Crippen LogP contribution is 2.24. The SMILES string of the molecule is Cc1cc(C)c(C)c(OCc2nc(-c3ccncc3)no2)c1. The average molecular weight is 295 g/mol. The Morgan fingerprint density at radius 1 is 1.09 bits per heavy atom. The first-order chi connectivity index (χ1) is 10.6. The van der Waals surface area contributed by atoms with Gasteiger partial charge in [-0.1, -0.05) is 11.2 Å². The smallest absolute Gasteiger partial charge is 0.264 e. The Bertz CT molecular complexity index is 782. The second kappa shape index (κ2) is 5.97. The topological polar surface area (TPSA) is 61.0 Å². The summed E-state index contributed by atoms with van der Waals surface area (Å²) < 4.78 is 11.1. The minimum atomic E-state index is 0.252. The van der Waals surface area contributed by atoms with E-state index in [-0.39, 0.29) is 6.61 Å². The summed E-state index contributed by atoms with van der Waals surface area (Å²) in [6.07, 6.45) is 3.39. The van der Waals surface area contributed by atoms with Gasteiger partial charge in [0.25, 0.3) is 5.89 Å². The van der Waals surface area contributed by atoms with Gasteiger partial charge in [-0.2, -0.15) is 4.98 Å². The Morgan fingerprint density at radius 3 is 2.64 bits per heavy atom. The fraction of sp³-hybridized carbons (Fsp3) is 0.235. The molecule has 2 aromatic heterocycles. The van der Waals surface area contributed by atoms with Crippen LogP contribution in [-0.2, 0) is 6.61 Å². The zero-order valence-corrected chi connectivity index (χ0v) is 12.8. The summed E-state index contributed by atoms with van der Waals surface area (Å²) in [5.41, 5.74) is 4.37. The van der Waals surface area contributed by atoms with Crippen LogP contribution in [0.25, 0.3) is 11.4 Å². The highest BCUT2D eigenvalue weighted by molar-refractivity contribution is 5.52. The molecule has 0 aliphatic carbocycles. The van der Waals surface area contributed by atoms with Crippen molar-refractivity contribution in [2.24, 2.45) is 0 Å². The predicted molar refractivity (Wildman–Crippen MR) is 82.5 cm³/mol. The van der Waals surface area contributed by atoms with Gasteiger partial charge in [0.15, 0.2) is 6.61 Å². The first-order valence-corrected chi connectivity index (χ1v) is 7.07. The van der Waals surface area contributed by atoms with Crippen LogP contribution in [0.3, 0.4) is 0 Å². The molecule has 0 aliphatic rings. The molecule has 2 heterocycles. The molecule has 0 atom stereocenters. The van der Waals surface area contributed by atoms with Crippen molar-refractivity contribution in [1.29, 1.82) is 0 Å². The Balaban J connectivity index is 1.74. The molecule has 0 radical (unpaired) electrons. The molecule has 1 aromatic carbocycles. The third-order valence-corrected chi connectivity index (χ3v) is 3.52. The minimum absolute atomic E-state index is 0.252. The minimum Gasteiger partial charge on any atom is -0.483 e. The Labute approximate surface area is 129 Å². The van der Waals surface area contributed by atoms with Gasteiger partial charge in [-0.3, -0.25) is 4.98 Å². The third kappa shape index (κ3) is 2.98. The van der Waals surface area contributed by atoms with Gasteiger partial charge < -0.3 is 9.26 Å². The lowest BCUT2D eigenvalue weighted by Gasteiger charge is -2.10. The number of hydrogen-bond donors (Lipinski definition) is 0. The maximum Gasteiger partial charge on any atom is 0.264 e. The van der Waals surface area contributed by atoms with Crippen LogP contribution >= 0.6 is 0 Å². The van der Waals surface area contributed by atoms with Crippen LogP contribution in [-0.4, -0.2) is 15.1 Å². The van der Waals surface area contributed by atoms with E-state index < -0.39 is 0 Å². The highest BCUT2D eigenvalue weighted by atomic mass is 16.5. The molecule has 0 spiro atoms. The quantitative estimate of drug-likeness (QED) is 0.735. The zero-order chi connectivity index (χ0) is 15.5. The monoisotopic (exact) mass is 295 g/mol. The molecule has 0 aliphatic heterocycles. The molecule has 0 N–H and O–H groups in total. The fourth-order valence-corrected chi connectivity index (χ4v) is 2.22. The molecule has 112 valence electrons. The van der Waals surface area contributed by atoms with Crippen molar-refractivity contribution < 1.29 is 9.26 Å². The van der Waals surface area contributed by atoms with E-state index >= 15 is 0 Å². The van der Waals surface area contributed by atoms with Crippen LogP contribution in [0.2, 0.25) is 0 Å². The van der Waals surface area contributed by atoms with Gasteiger partial charge in [0.05, 0.1) is 0 Å². The van der Waals surface area contributed by atoms with Crippen LogP contribution in [0.1, 0.15) is 22.6 Å². The van der Waals surface area contributed by atoms with Crippen LogP contribution < -0.4 is 4.74 Å². The molecule has 0 fully saturated rings. The Morgan fingerprint density at radius 2 is 1.86 bits per heavy atom. The molecule has 5 heteroatoms.